The van der Waals surface area contributed by atoms with Crippen molar-refractivity contribution >= 4 is 11.9 Å². The van der Waals surface area contributed by atoms with E-state index in [1.165, 1.54) is 11.9 Å². The summed E-state index contributed by atoms with van der Waals surface area (Å²) in [6.07, 6.45) is 2.25. The maximum atomic E-state index is 5.36. The van der Waals surface area contributed by atoms with E-state index in [1.54, 1.807) is 0 Å². The molecule has 2 nitrogen and oxygen atoms in total. The summed E-state index contributed by atoms with van der Waals surface area (Å²) in [5.41, 5.74) is 0. The molecule has 0 bridgehead atoms. The lowest BCUT2D eigenvalue weighted by Crippen LogP contribution is -2.18. The van der Waals surface area contributed by atoms with E-state index in [2.05, 4.69) is 0 Å². The minimum atomic E-state index is 0.656. The smallest absolute Gasteiger partial charge is 0.0477 e. The highest BCUT2D eigenvalue weighted by Gasteiger charge is 2.11. The molecule has 1 rings (SSSR count). The van der Waals surface area contributed by atoms with Gasteiger partial charge >= 0.3 is 0 Å². The minimum absolute atomic E-state index is 0.656. The third-order valence-corrected chi connectivity index (χ3v) is 2.22. The molecule has 8 heavy (non-hydrogen) atoms. The van der Waals surface area contributed by atoms with Crippen LogP contribution in [-0.4, -0.2) is 18.5 Å². The lowest BCUT2D eigenvalue weighted by atomic mass is 10.2. The van der Waals surface area contributed by atoms with Crippen molar-refractivity contribution in [3.8, 4) is 0 Å². The molecule has 0 aromatic carbocycles. The normalized spacial score (nSPS) is 23.6. The van der Waals surface area contributed by atoms with Gasteiger partial charge in [0, 0.05) is 18.5 Å². The van der Waals surface area contributed by atoms with E-state index in [-0.39, 0.29) is 0 Å². The molecule has 0 spiro atoms. The summed E-state index contributed by atoms with van der Waals surface area (Å²) in [5.74, 6) is 0. The third kappa shape index (κ3) is 1.65. The van der Waals surface area contributed by atoms with Crippen LogP contribution < -0.4 is 5.14 Å². The Morgan fingerprint density at radius 2 is 2.00 bits per heavy atom. The summed E-state index contributed by atoms with van der Waals surface area (Å²) >= 11 is 1.47. The highest BCUT2D eigenvalue weighted by molar-refractivity contribution is 7.97. The maximum Gasteiger partial charge on any atom is 0.0477 e. The van der Waals surface area contributed by atoms with Gasteiger partial charge in [-0.15, -0.1) is 0 Å². The highest BCUT2D eigenvalue weighted by Crippen LogP contribution is 2.16. The molecule has 1 aliphatic rings. The lowest BCUT2D eigenvalue weighted by molar-refractivity contribution is 0.100. The molecular formula is C5H11NOS. The second-order valence-corrected chi connectivity index (χ2v) is 2.89. The molecule has 1 saturated heterocycles. The standard InChI is InChI=1S/C5H11NOS/c6-8-5-1-3-7-4-2-5/h5H,1-4,6H2. The lowest BCUT2D eigenvalue weighted by Gasteiger charge is -2.18. The topological polar surface area (TPSA) is 35.2 Å². The molecule has 0 radical (unpaired) electrons. The van der Waals surface area contributed by atoms with Gasteiger partial charge in [-0.2, -0.15) is 0 Å². The molecule has 0 saturated carbocycles. The van der Waals surface area contributed by atoms with E-state index in [4.69, 9.17) is 9.88 Å². The van der Waals surface area contributed by atoms with Crippen molar-refractivity contribution in [2.45, 2.75) is 18.1 Å². The van der Waals surface area contributed by atoms with Crippen molar-refractivity contribution in [1.82, 2.24) is 0 Å². The Bertz CT molecular complexity index is 63.4. The van der Waals surface area contributed by atoms with Crippen molar-refractivity contribution in [3.05, 3.63) is 0 Å². The molecule has 2 N–H and O–H groups in total. The summed E-state index contributed by atoms with van der Waals surface area (Å²) in [5, 5.41) is 6.02. The average Bonchev–Trinajstić information content (AvgIpc) is 1.90. The van der Waals surface area contributed by atoms with E-state index in [1.807, 2.05) is 0 Å². The number of nitrogens with two attached hydrogens (primary N) is 1. The first-order chi connectivity index (χ1) is 3.93. The largest absolute Gasteiger partial charge is 0.381 e. The van der Waals surface area contributed by atoms with Gasteiger partial charge in [-0.3, -0.25) is 5.14 Å². The van der Waals surface area contributed by atoms with Crippen molar-refractivity contribution in [3.63, 3.8) is 0 Å². The van der Waals surface area contributed by atoms with Gasteiger partial charge in [0.1, 0.15) is 0 Å². The molecule has 3 heteroatoms. The zero-order chi connectivity index (χ0) is 5.82. The number of hydrogen-bond acceptors (Lipinski definition) is 3. The Hall–Kier alpha value is 0.270. The van der Waals surface area contributed by atoms with Crippen LogP contribution in [0, 0.1) is 0 Å². The van der Waals surface area contributed by atoms with E-state index >= 15 is 0 Å². The second-order valence-electron chi connectivity index (χ2n) is 1.95. The quantitative estimate of drug-likeness (QED) is 0.537. The number of ether oxygens (including phenoxy) is 1. The molecule has 0 amide bonds. The molecule has 0 aromatic heterocycles. The van der Waals surface area contributed by atoms with Crippen molar-refractivity contribution in [2.24, 2.45) is 5.14 Å². The monoisotopic (exact) mass is 133 g/mol. The van der Waals surface area contributed by atoms with Crippen LogP contribution in [0.25, 0.3) is 0 Å². The van der Waals surface area contributed by atoms with Gasteiger partial charge in [-0.1, -0.05) is 11.9 Å². The first-order valence-electron chi connectivity index (χ1n) is 2.87. The van der Waals surface area contributed by atoms with Crippen LogP contribution in [0.3, 0.4) is 0 Å². The molecular weight excluding hydrogens is 122 g/mol. The summed E-state index contributed by atoms with van der Waals surface area (Å²) in [6.45, 7) is 1.80. The molecule has 0 aromatic rings. The van der Waals surface area contributed by atoms with E-state index in [9.17, 15) is 0 Å². The zero-order valence-electron chi connectivity index (χ0n) is 4.80. The molecule has 0 aliphatic carbocycles. The van der Waals surface area contributed by atoms with Crippen LogP contribution in [0.15, 0.2) is 0 Å². The van der Waals surface area contributed by atoms with Gasteiger partial charge in [0.25, 0.3) is 0 Å². The van der Waals surface area contributed by atoms with Crippen LogP contribution >= 0.6 is 11.9 Å². The zero-order valence-corrected chi connectivity index (χ0v) is 5.62. The van der Waals surface area contributed by atoms with Gasteiger partial charge in [-0.25, -0.2) is 0 Å². The number of rotatable bonds is 1. The van der Waals surface area contributed by atoms with Crippen molar-refractivity contribution < 1.29 is 4.74 Å². The fourth-order valence-electron chi connectivity index (χ4n) is 0.812. The average molecular weight is 133 g/mol. The van der Waals surface area contributed by atoms with Crippen LogP contribution in [-0.2, 0) is 4.74 Å². The fourth-order valence-corrected chi connectivity index (χ4v) is 1.28. The Kier molecular flexibility index (Phi) is 2.66. The van der Waals surface area contributed by atoms with Crippen molar-refractivity contribution in [2.75, 3.05) is 13.2 Å². The van der Waals surface area contributed by atoms with E-state index in [0.29, 0.717) is 5.25 Å². The van der Waals surface area contributed by atoms with Crippen LogP contribution in [0.1, 0.15) is 12.8 Å². The van der Waals surface area contributed by atoms with Gasteiger partial charge in [0.2, 0.25) is 0 Å². The second kappa shape index (κ2) is 3.33. The Morgan fingerprint density at radius 3 is 2.38 bits per heavy atom. The predicted octanol–water partition coefficient (Wildman–Crippen LogP) is 0.772. The van der Waals surface area contributed by atoms with Gasteiger partial charge < -0.3 is 4.74 Å². The highest BCUT2D eigenvalue weighted by atomic mass is 32.2. The fraction of sp³-hybridized carbons (Fsp3) is 1.00. The first-order valence-corrected chi connectivity index (χ1v) is 3.81. The van der Waals surface area contributed by atoms with Crippen LogP contribution in [0.5, 0.6) is 0 Å². The van der Waals surface area contributed by atoms with E-state index < -0.39 is 0 Å². The Morgan fingerprint density at radius 1 is 1.38 bits per heavy atom. The van der Waals surface area contributed by atoms with Gasteiger partial charge in [0.05, 0.1) is 0 Å². The van der Waals surface area contributed by atoms with Crippen LogP contribution in [0.2, 0.25) is 0 Å². The Labute approximate surface area is 53.9 Å². The Balaban J connectivity index is 2.13. The van der Waals surface area contributed by atoms with Crippen molar-refractivity contribution in [1.29, 1.82) is 0 Å². The third-order valence-electron chi connectivity index (χ3n) is 1.36. The summed E-state index contributed by atoms with van der Waals surface area (Å²) in [6, 6.07) is 0. The van der Waals surface area contributed by atoms with E-state index in [0.717, 1.165) is 26.1 Å². The molecule has 1 heterocycles. The van der Waals surface area contributed by atoms with Gasteiger partial charge in [0.15, 0.2) is 0 Å². The number of hydrogen-bond donors (Lipinski definition) is 1. The van der Waals surface area contributed by atoms with Crippen LogP contribution in [0.4, 0.5) is 0 Å². The minimum Gasteiger partial charge on any atom is -0.381 e. The summed E-state index contributed by atoms with van der Waals surface area (Å²) < 4.78 is 5.13. The molecule has 0 atom stereocenters. The summed E-state index contributed by atoms with van der Waals surface area (Å²) in [4.78, 5) is 0. The first kappa shape index (κ1) is 6.39. The predicted molar refractivity (Wildman–Crippen MR) is 35.6 cm³/mol. The molecule has 1 aliphatic heterocycles. The maximum absolute atomic E-state index is 5.36. The summed E-state index contributed by atoms with van der Waals surface area (Å²) in [7, 11) is 0. The molecule has 1 fully saturated rings. The van der Waals surface area contributed by atoms with Gasteiger partial charge in [-0.05, 0) is 12.8 Å². The molecule has 48 valence electrons. The molecule has 0 unspecified atom stereocenters. The SMILES string of the molecule is NSC1CCOCC1.